The third-order valence-electron chi connectivity index (χ3n) is 3.87. The Morgan fingerprint density at radius 2 is 1.50 bits per heavy atom. The number of para-hydroxylation sites is 1. The molecule has 0 aliphatic carbocycles. The highest BCUT2D eigenvalue weighted by molar-refractivity contribution is 5.99. The van der Waals surface area contributed by atoms with Crippen molar-refractivity contribution in [1.82, 2.24) is 5.43 Å². The molecule has 0 fully saturated rings. The Balaban J connectivity index is 1.62. The van der Waals surface area contributed by atoms with Crippen LogP contribution in [0.25, 0.3) is 11.1 Å². The number of ether oxygens (including phenoxy) is 1. The van der Waals surface area contributed by atoms with Crippen LogP contribution < -0.4 is 10.2 Å². The molecule has 1 amide bonds. The van der Waals surface area contributed by atoms with Crippen LogP contribution in [0.2, 0.25) is 0 Å². The molecule has 0 aromatic heterocycles. The molecule has 0 aliphatic heterocycles. The molecule has 0 bridgehead atoms. The van der Waals surface area contributed by atoms with Gasteiger partial charge in [-0.2, -0.15) is 5.10 Å². The van der Waals surface area contributed by atoms with Gasteiger partial charge in [0, 0.05) is 5.56 Å². The molecule has 0 spiro atoms. The molecule has 0 atom stereocenters. The highest BCUT2D eigenvalue weighted by atomic mass is 16.5. The maximum Gasteiger partial charge on any atom is 0.277 e. The molecule has 3 aromatic rings. The van der Waals surface area contributed by atoms with Gasteiger partial charge >= 0.3 is 0 Å². The van der Waals surface area contributed by atoms with Crippen molar-refractivity contribution in [1.29, 1.82) is 0 Å². The van der Waals surface area contributed by atoms with Crippen molar-refractivity contribution >= 4 is 11.6 Å². The van der Waals surface area contributed by atoms with Crippen LogP contribution in [0.3, 0.4) is 0 Å². The second-order valence-electron chi connectivity index (χ2n) is 5.75. The number of hydrazone groups is 1. The molecule has 0 heterocycles. The zero-order valence-electron chi connectivity index (χ0n) is 14.6. The van der Waals surface area contributed by atoms with Crippen molar-refractivity contribution in [3.05, 3.63) is 90.5 Å². The summed E-state index contributed by atoms with van der Waals surface area (Å²) in [7, 11) is 0. The number of nitrogens with one attached hydrogen (secondary N) is 1. The van der Waals surface area contributed by atoms with E-state index in [9.17, 15) is 4.79 Å². The summed E-state index contributed by atoms with van der Waals surface area (Å²) in [5.41, 5.74) is 6.23. The Labute approximate surface area is 153 Å². The summed E-state index contributed by atoms with van der Waals surface area (Å²) in [6.07, 6.45) is 0. The summed E-state index contributed by atoms with van der Waals surface area (Å²) >= 11 is 0. The van der Waals surface area contributed by atoms with Crippen molar-refractivity contribution in [3.8, 4) is 16.9 Å². The number of carbonyl (C=O) groups is 1. The van der Waals surface area contributed by atoms with E-state index in [0.717, 1.165) is 22.4 Å². The standard InChI is InChI=1S/C22H20N2O2/c1-17(18-10-4-2-5-11-18)23-24-22(25)16-26-21-15-9-8-14-20(21)19-12-6-3-7-13-19/h2-15H,16H2,1H3,(H,24,25)/b23-17-. The topological polar surface area (TPSA) is 50.7 Å². The van der Waals surface area contributed by atoms with Crippen molar-refractivity contribution in [2.75, 3.05) is 6.61 Å². The van der Waals surface area contributed by atoms with Crippen LogP contribution in [-0.4, -0.2) is 18.2 Å². The zero-order valence-corrected chi connectivity index (χ0v) is 14.6. The predicted octanol–water partition coefficient (Wildman–Crippen LogP) is 4.27. The average Bonchev–Trinajstić information content (AvgIpc) is 2.72. The van der Waals surface area contributed by atoms with E-state index in [0.29, 0.717) is 5.75 Å². The molecular weight excluding hydrogens is 324 g/mol. The molecular formula is C22H20N2O2. The van der Waals surface area contributed by atoms with Gasteiger partial charge in [-0.15, -0.1) is 0 Å². The van der Waals surface area contributed by atoms with E-state index in [4.69, 9.17) is 4.74 Å². The van der Waals surface area contributed by atoms with Crippen molar-refractivity contribution in [3.63, 3.8) is 0 Å². The van der Waals surface area contributed by atoms with Crippen molar-refractivity contribution in [2.45, 2.75) is 6.92 Å². The lowest BCUT2D eigenvalue weighted by molar-refractivity contribution is -0.123. The Bertz CT molecular complexity index is 890. The van der Waals surface area contributed by atoms with Crippen LogP contribution in [0.1, 0.15) is 12.5 Å². The molecule has 0 saturated heterocycles. The monoisotopic (exact) mass is 344 g/mol. The summed E-state index contributed by atoms with van der Waals surface area (Å²) in [5.74, 6) is 0.362. The molecule has 4 nitrogen and oxygen atoms in total. The minimum absolute atomic E-state index is 0.102. The Morgan fingerprint density at radius 1 is 0.885 bits per heavy atom. The molecule has 3 aromatic carbocycles. The summed E-state index contributed by atoms with van der Waals surface area (Å²) in [6, 6.07) is 27.3. The lowest BCUT2D eigenvalue weighted by Crippen LogP contribution is -2.25. The van der Waals surface area contributed by atoms with Gasteiger partial charge in [-0.05, 0) is 24.1 Å². The Morgan fingerprint density at radius 3 is 2.23 bits per heavy atom. The normalized spacial score (nSPS) is 11.0. The van der Waals surface area contributed by atoms with E-state index >= 15 is 0 Å². The number of benzene rings is 3. The van der Waals surface area contributed by atoms with Gasteiger partial charge in [-0.3, -0.25) is 4.79 Å². The molecule has 4 heteroatoms. The molecule has 0 aliphatic rings. The number of hydrogen-bond acceptors (Lipinski definition) is 3. The maximum atomic E-state index is 12.1. The van der Waals surface area contributed by atoms with Gasteiger partial charge in [0.25, 0.3) is 5.91 Å². The number of hydrogen-bond donors (Lipinski definition) is 1. The van der Waals surface area contributed by atoms with E-state index in [-0.39, 0.29) is 12.5 Å². The number of nitrogens with zero attached hydrogens (tertiary/aromatic N) is 1. The largest absolute Gasteiger partial charge is 0.483 e. The molecule has 0 radical (unpaired) electrons. The lowest BCUT2D eigenvalue weighted by atomic mass is 10.1. The first kappa shape index (κ1) is 17.4. The second-order valence-corrected chi connectivity index (χ2v) is 5.75. The van der Waals surface area contributed by atoms with Crippen molar-refractivity contribution < 1.29 is 9.53 Å². The third-order valence-corrected chi connectivity index (χ3v) is 3.87. The number of rotatable bonds is 6. The third kappa shape index (κ3) is 4.57. The second kappa shape index (κ2) is 8.62. The molecule has 130 valence electrons. The van der Waals surface area contributed by atoms with Crippen molar-refractivity contribution in [2.24, 2.45) is 5.10 Å². The minimum atomic E-state index is -0.303. The van der Waals surface area contributed by atoms with Crippen LogP contribution in [0.4, 0.5) is 0 Å². The van der Waals surface area contributed by atoms with Gasteiger partial charge in [-0.25, -0.2) is 5.43 Å². The van der Waals surface area contributed by atoms with Crippen LogP contribution in [-0.2, 0) is 4.79 Å². The quantitative estimate of drug-likeness (QED) is 0.536. The van der Waals surface area contributed by atoms with Crippen LogP contribution in [0.5, 0.6) is 5.75 Å². The predicted molar refractivity (Wildman–Crippen MR) is 104 cm³/mol. The number of amides is 1. The van der Waals surface area contributed by atoms with Gasteiger partial charge in [-0.1, -0.05) is 78.9 Å². The summed E-state index contributed by atoms with van der Waals surface area (Å²) < 4.78 is 5.71. The maximum absolute atomic E-state index is 12.1. The van der Waals surface area contributed by atoms with Gasteiger partial charge in [0.1, 0.15) is 5.75 Å². The molecule has 0 saturated carbocycles. The average molecular weight is 344 g/mol. The lowest BCUT2D eigenvalue weighted by Gasteiger charge is -2.11. The summed E-state index contributed by atoms with van der Waals surface area (Å²) in [5, 5.41) is 4.12. The SMILES string of the molecule is C/C(=N/NC(=O)COc1ccccc1-c1ccccc1)c1ccccc1. The van der Waals surface area contributed by atoms with E-state index in [2.05, 4.69) is 10.5 Å². The van der Waals surface area contributed by atoms with Gasteiger partial charge in [0.05, 0.1) is 5.71 Å². The van der Waals surface area contributed by atoms with E-state index in [1.807, 2.05) is 91.9 Å². The van der Waals surface area contributed by atoms with E-state index < -0.39 is 0 Å². The van der Waals surface area contributed by atoms with E-state index in [1.165, 1.54) is 0 Å². The van der Waals surface area contributed by atoms with Crippen LogP contribution in [0, 0.1) is 0 Å². The molecule has 3 rings (SSSR count). The smallest absolute Gasteiger partial charge is 0.277 e. The molecule has 0 unspecified atom stereocenters. The van der Waals surface area contributed by atoms with E-state index in [1.54, 1.807) is 0 Å². The summed E-state index contributed by atoms with van der Waals surface area (Å²) in [6.45, 7) is 1.75. The first-order chi connectivity index (χ1) is 12.7. The fourth-order valence-electron chi connectivity index (χ4n) is 2.51. The van der Waals surface area contributed by atoms with Gasteiger partial charge in [0.2, 0.25) is 0 Å². The molecule has 26 heavy (non-hydrogen) atoms. The van der Waals surface area contributed by atoms with Gasteiger partial charge < -0.3 is 4.74 Å². The highest BCUT2D eigenvalue weighted by Gasteiger charge is 2.08. The Kier molecular flexibility index (Phi) is 5.78. The zero-order chi connectivity index (χ0) is 18.2. The molecule has 1 N–H and O–H groups in total. The van der Waals surface area contributed by atoms with Crippen LogP contribution in [0.15, 0.2) is 90.0 Å². The minimum Gasteiger partial charge on any atom is -0.483 e. The number of carbonyl (C=O) groups excluding carboxylic acids is 1. The van der Waals surface area contributed by atoms with Crippen LogP contribution >= 0.6 is 0 Å². The first-order valence-electron chi connectivity index (χ1n) is 8.40. The fraction of sp³-hybridized carbons (Fsp3) is 0.0909. The first-order valence-corrected chi connectivity index (χ1v) is 8.40. The highest BCUT2D eigenvalue weighted by Crippen LogP contribution is 2.29. The summed E-state index contributed by atoms with van der Waals surface area (Å²) in [4.78, 5) is 12.1. The van der Waals surface area contributed by atoms with Gasteiger partial charge in [0.15, 0.2) is 6.61 Å². The Hall–Kier alpha value is -3.40. The fourth-order valence-corrected chi connectivity index (χ4v) is 2.51.